The number of hydrogen-bond donors (Lipinski definition) is 2. The molecule has 0 amide bonds. The van der Waals surface area contributed by atoms with Crippen LogP contribution >= 0.6 is 0 Å². The van der Waals surface area contributed by atoms with Crippen LogP contribution in [-0.4, -0.2) is 18.1 Å². The van der Waals surface area contributed by atoms with Crippen LogP contribution in [0, 0.1) is 5.82 Å². The van der Waals surface area contributed by atoms with Crippen molar-refractivity contribution >= 4 is 10.9 Å². The van der Waals surface area contributed by atoms with Gasteiger partial charge in [-0.05, 0) is 36.7 Å². The number of nitrogens with one attached hydrogen (secondary N) is 2. The number of halogens is 1. The summed E-state index contributed by atoms with van der Waals surface area (Å²) in [5.41, 5.74) is 3.55. The Kier molecular flexibility index (Phi) is 1.99. The molecule has 0 aliphatic carbocycles. The highest BCUT2D eigenvalue weighted by molar-refractivity contribution is 5.84. The van der Waals surface area contributed by atoms with Gasteiger partial charge in [0, 0.05) is 29.6 Å². The van der Waals surface area contributed by atoms with Gasteiger partial charge in [0.25, 0.3) is 0 Å². The number of H-pyrrole nitrogens is 1. The van der Waals surface area contributed by atoms with Gasteiger partial charge in [-0.1, -0.05) is 0 Å². The van der Waals surface area contributed by atoms with Crippen LogP contribution in [0.15, 0.2) is 18.2 Å². The van der Waals surface area contributed by atoms with Gasteiger partial charge in [0.15, 0.2) is 0 Å². The van der Waals surface area contributed by atoms with Crippen LogP contribution in [0.25, 0.3) is 10.9 Å². The average molecular weight is 204 g/mol. The Bertz CT molecular complexity index is 502. The summed E-state index contributed by atoms with van der Waals surface area (Å²) in [5.74, 6) is -0.169. The van der Waals surface area contributed by atoms with Crippen molar-refractivity contribution in [2.24, 2.45) is 0 Å². The first-order chi connectivity index (χ1) is 7.34. The van der Waals surface area contributed by atoms with Crippen LogP contribution in [0.3, 0.4) is 0 Å². The molecule has 3 rings (SSSR count). The third-order valence-corrected chi connectivity index (χ3v) is 3.06. The Morgan fingerprint density at radius 3 is 2.93 bits per heavy atom. The van der Waals surface area contributed by atoms with E-state index in [0.717, 1.165) is 31.4 Å². The molecule has 0 radical (unpaired) electrons. The van der Waals surface area contributed by atoms with Crippen LogP contribution in [-0.2, 0) is 12.8 Å². The molecule has 0 saturated carbocycles. The molecule has 2 N–H and O–H groups in total. The molecule has 0 fully saturated rings. The summed E-state index contributed by atoms with van der Waals surface area (Å²) in [4.78, 5) is 3.32. The first-order valence-corrected chi connectivity index (χ1v) is 5.34. The Labute approximate surface area is 87.5 Å². The minimum absolute atomic E-state index is 0.169. The molecule has 0 spiro atoms. The van der Waals surface area contributed by atoms with E-state index in [1.165, 1.54) is 22.7 Å². The second kappa shape index (κ2) is 3.35. The van der Waals surface area contributed by atoms with Gasteiger partial charge < -0.3 is 10.3 Å². The molecule has 0 unspecified atom stereocenters. The molecule has 1 aromatic heterocycles. The van der Waals surface area contributed by atoms with Crippen molar-refractivity contribution in [3.63, 3.8) is 0 Å². The van der Waals surface area contributed by atoms with E-state index < -0.39 is 0 Å². The van der Waals surface area contributed by atoms with E-state index in [2.05, 4.69) is 10.3 Å². The lowest BCUT2D eigenvalue weighted by molar-refractivity contribution is 0.629. The number of benzene rings is 1. The maximum absolute atomic E-state index is 13.0. The topological polar surface area (TPSA) is 27.8 Å². The fourth-order valence-corrected chi connectivity index (χ4v) is 2.33. The fourth-order valence-electron chi connectivity index (χ4n) is 2.33. The Hall–Kier alpha value is -1.35. The van der Waals surface area contributed by atoms with E-state index in [1.807, 2.05) is 6.07 Å². The smallest absolute Gasteiger partial charge is 0.125 e. The van der Waals surface area contributed by atoms with Gasteiger partial charge in [-0.25, -0.2) is 4.39 Å². The molecule has 78 valence electrons. The van der Waals surface area contributed by atoms with Crippen molar-refractivity contribution < 1.29 is 4.39 Å². The van der Waals surface area contributed by atoms with Crippen molar-refractivity contribution in [2.45, 2.75) is 12.8 Å². The molecule has 0 saturated heterocycles. The quantitative estimate of drug-likeness (QED) is 0.675. The molecule has 0 bridgehead atoms. The highest BCUT2D eigenvalue weighted by Crippen LogP contribution is 2.24. The maximum atomic E-state index is 13.0. The first kappa shape index (κ1) is 8.92. The lowest BCUT2D eigenvalue weighted by Gasteiger charge is -1.97. The van der Waals surface area contributed by atoms with E-state index in [1.54, 1.807) is 6.07 Å². The highest BCUT2D eigenvalue weighted by Gasteiger charge is 2.13. The van der Waals surface area contributed by atoms with Gasteiger partial charge >= 0.3 is 0 Å². The minimum Gasteiger partial charge on any atom is -0.358 e. The van der Waals surface area contributed by atoms with Crippen molar-refractivity contribution in [1.82, 2.24) is 10.3 Å². The standard InChI is InChI=1S/C12H13FN2/c13-8-1-2-9-10-3-5-14-6-4-11(10)15-12(9)7-8/h1-2,7,14-15H,3-6H2. The predicted octanol–water partition coefficient (Wildman–Crippen LogP) is 2.00. The number of fused-ring (bicyclic) bond motifs is 3. The number of aromatic nitrogens is 1. The maximum Gasteiger partial charge on any atom is 0.125 e. The van der Waals surface area contributed by atoms with Gasteiger partial charge in [0.2, 0.25) is 0 Å². The van der Waals surface area contributed by atoms with Crippen molar-refractivity contribution in [1.29, 1.82) is 0 Å². The van der Waals surface area contributed by atoms with E-state index in [4.69, 9.17) is 0 Å². The van der Waals surface area contributed by atoms with Crippen LogP contribution in [0.2, 0.25) is 0 Å². The highest BCUT2D eigenvalue weighted by atomic mass is 19.1. The van der Waals surface area contributed by atoms with E-state index in [0.29, 0.717) is 0 Å². The van der Waals surface area contributed by atoms with Crippen LogP contribution in [0.4, 0.5) is 4.39 Å². The second-order valence-electron chi connectivity index (χ2n) is 4.02. The monoisotopic (exact) mass is 204 g/mol. The molecule has 1 aromatic carbocycles. The van der Waals surface area contributed by atoms with Crippen LogP contribution < -0.4 is 5.32 Å². The normalized spacial score (nSPS) is 16.3. The van der Waals surface area contributed by atoms with Crippen molar-refractivity contribution in [3.8, 4) is 0 Å². The van der Waals surface area contributed by atoms with Crippen molar-refractivity contribution in [3.05, 3.63) is 35.3 Å². The molecule has 15 heavy (non-hydrogen) atoms. The van der Waals surface area contributed by atoms with Crippen LogP contribution in [0.1, 0.15) is 11.3 Å². The molecule has 2 aromatic rings. The summed E-state index contributed by atoms with van der Waals surface area (Å²) in [6.07, 6.45) is 2.03. The number of hydrogen-bond acceptors (Lipinski definition) is 1. The molecular weight excluding hydrogens is 191 g/mol. The summed E-state index contributed by atoms with van der Waals surface area (Å²) in [6.45, 7) is 2.01. The largest absolute Gasteiger partial charge is 0.358 e. The summed E-state index contributed by atoms with van der Waals surface area (Å²) in [6, 6.07) is 5.00. The van der Waals surface area contributed by atoms with E-state index in [-0.39, 0.29) is 5.82 Å². The molecule has 1 aliphatic heterocycles. The second-order valence-corrected chi connectivity index (χ2v) is 4.02. The fraction of sp³-hybridized carbons (Fsp3) is 0.333. The summed E-state index contributed by atoms with van der Waals surface area (Å²) in [7, 11) is 0. The van der Waals surface area contributed by atoms with Gasteiger partial charge in [-0.3, -0.25) is 0 Å². The van der Waals surface area contributed by atoms with Crippen molar-refractivity contribution in [2.75, 3.05) is 13.1 Å². The van der Waals surface area contributed by atoms with Crippen LogP contribution in [0.5, 0.6) is 0 Å². The van der Waals surface area contributed by atoms with E-state index in [9.17, 15) is 4.39 Å². The molecule has 0 atom stereocenters. The number of rotatable bonds is 0. The lowest BCUT2D eigenvalue weighted by Crippen LogP contribution is -2.16. The predicted molar refractivity (Wildman–Crippen MR) is 58.5 cm³/mol. The van der Waals surface area contributed by atoms with Gasteiger partial charge in [-0.2, -0.15) is 0 Å². The SMILES string of the molecule is Fc1ccc2c3c([nH]c2c1)CCNCC3. The molecule has 3 heteroatoms. The molecule has 1 aliphatic rings. The third-order valence-electron chi connectivity index (χ3n) is 3.06. The summed E-state index contributed by atoms with van der Waals surface area (Å²) in [5, 5.41) is 4.54. The Morgan fingerprint density at radius 1 is 1.13 bits per heavy atom. The van der Waals surface area contributed by atoms with Gasteiger partial charge in [-0.15, -0.1) is 0 Å². The minimum atomic E-state index is -0.169. The van der Waals surface area contributed by atoms with Gasteiger partial charge in [0.1, 0.15) is 5.82 Å². The molecule has 2 nitrogen and oxygen atoms in total. The third kappa shape index (κ3) is 1.43. The molecule has 2 heterocycles. The zero-order valence-electron chi connectivity index (χ0n) is 8.44. The van der Waals surface area contributed by atoms with E-state index >= 15 is 0 Å². The molecular formula is C12H13FN2. The lowest BCUT2D eigenvalue weighted by atomic mass is 10.1. The zero-order chi connectivity index (χ0) is 10.3. The Balaban J connectivity index is 2.23. The summed E-state index contributed by atoms with van der Waals surface area (Å²) >= 11 is 0. The Morgan fingerprint density at radius 2 is 2.00 bits per heavy atom. The zero-order valence-corrected chi connectivity index (χ0v) is 8.44. The average Bonchev–Trinajstić information content (AvgIpc) is 2.42. The first-order valence-electron chi connectivity index (χ1n) is 5.34. The van der Waals surface area contributed by atoms with Gasteiger partial charge in [0.05, 0.1) is 0 Å². The summed E-state index contributed by atoms with van der Waals surface area (Å²) < 4.78 is 13.0. The number of aromatic amines is 1.